The predicted molar refractivity (Wildman–Crippen MR) is 127 cm³/mol. The summed E-state index contributed by atoms with van der Waals surface area (Å²) in [5.41, 5.74) is 7.14. The number of hydrogen-bond acceptors (Lipinski definition) is 9. The first-order chi connectivity index (χ1) is 16.2. The van der Waals surface area contributed by atoms with Crippen molar-refractivity contribution in [3.05, 3.63) is 40.9 Å². The maximum Gasteiger partial charge on any atom is 0.404 e. The molecule has 12 nitrogen and oxygen atoms in total. The van der Waals surface area contributed by atoms with Gasteiger partial charge >= 0.3 is 6.09 Å². The quantitative estimate of drug-likeness (QED) is 0.279. The number of rotatable bonds is 10. The van der Waals surface area contributed by atoms with Gasteiger partial charge in [0.15, 0.2) is 5.13 Å². The van der Waals surface area contributed by atoms with Gasteiger partial charge in [0.25, 0.3) is 15.9 Å². The molecule has 0 spiro atoms. The van der Waals surface area contributed by atoms with Crippen LogP contribution in [0.3, 0.4) is 0 Å². The lowest BCUT2D eigenvalue weighted by molar-refractivity contribution is -0.181. The van der Waals surface area contributed by atoms with E-state index in [1.165, 1.54) is 18.3 Å². The molecule has 0 bridgehead atoms. The maximum absolute atomic E-state index is 13.1. The molecule has 0 aliphatic carbocycles. The number of nitrogens with zero attached hydrogens (tertiary/aromatic N) is 3. The van der Waals surface area contributed by atoms with Crippen molar-refractivity contribution in [1.29, 1.82) is 0 Å². The lowest BCUT2D eigenvalue weighted by Crippen LogP contribution is -2.36. The molecular weight excluding hydrogens is 484 g/mol. The van der Waals surface area contributed by atoms with Crippen molar-refractivity contribution in [2.24, 2.45) is 10.7 Å². The minimum Gasteiger partial charge on any atom is -0.465 e. The minimum absolute atomic E-state index is 0.0145. The average molecular weight is 509 g/mol. The van der Waals surface area contributed by atoms with Crippen LogP contribution >= 0.6 is 11.3 Å². The third kappa shape index (κ3) is 6.52. The van der Waals surface area contributed by atoms with Gasteiger partial charge in [-0.2, -0.15) is 0 Å². The van der Waals surface area contributed by atoms with Crippen LogP contribution in [0.5, 0.6) is 0 Å². The van der Waals surface area contributed by atoms with Crippen LogP contribution in [0, 0.1) is 0 Å². The number of fused-ring (bicyclic) bond motifs is 1. The molecule has 0 fully saturated rings. The van der Waals surface area contributed by atoms with E-state index in [0.29, 0.717) is 23.2 Å². The highest BCUT2D eigenvalue weighted by atomic mass is 32.2. The molecule has 0 saturated carbocycles. The number of benzene rings is 1. The molecular formula is C20H24N6O6S2. The third-order valence-corrected chi connectivity index (χ3v) is 6.64. The van der Waals surface area contributed by atoms with Crippen LogP contribution in [0.25, 0.3) is 6.08 Å². The average Bonchev–Trinajstić information content (AvgIpc) is 3.21. The number of nitrogens with one attached hydrogen (secondary N) is 2. The first-order valence-electron chi connectivity index (χ1n) is 10.2. The lowest BCUT2D eigenvalue weighted by Gasteiger charge is -2.22. The van der Waals surface area contributed by atoms with E-state index < -0.39 is 22.0 Å². The van der Waals surface area contributed by atoms with Crippen molar-refractivity contribution in [3.8, 4) is 0 Å². The van der Waals surface area contributed by atoms with E-state index in [1.807, 2.05) is 6.92 Å². The van der Waals surface area contributed by atoms with E-state index in [4.69, 9.17) is 15.7 Å². The van der Waals surface area contributed by atoms with Gasteiger partial charge in [0.2, 0.25) is 0 Å². The van der Waals surface area contributed by atoms with E-state index in [9.17, 15) is 18.0 Å². The van der Waals surface area contributed by atoms with Crippen molar-refractivity contribution in [1.82, 2.24) is 15.4 Å². The fourth-order valence-corrected chi connectivity index (χ4v) is 4.83. The molecule has 14 heteroatoms. The molecule has 1 aliphatic heterocycles. The molecule has 1 aromatic heterocycles. The Morgan fingerprint density at radius 3 is 2.82 bits per heavy atom. The zero-order chi connectivity index (χ0) is 24.7. The molecule has 5 N–H and O–H groups in total. The van der Waals surface area contributed by atoms with Gasteiger partial charge in [0, 0.05) is 42.2 Å². The largest absolute Gasteiger partial charge is 0.465 e. The standard InChI is InChI=1S/C20H24N6O6S2/c1-2-7-26(32-8-5-23-20(28)29)18(27)14-10-13-3-4-15(12-16(13)24-17(21)11-14)34(30,31)25-19-22-6-9-33-19/h3-4,6,9-10,12,23H,2,5,7-8,11H2,1H3,(H2,21,24)(H,22,25)(H,28,29). The SMILES string of the molecule is CCCN(OCCNC(=O)O)C(=O)C1=Cc2ccc(S(=O)(=O)Nc3nccs3)cc2N=C(N)C1. The summed E-state index contributed by atoms with van der Waals surface area (Å²) in [4.78, 5) is 37.3. The van der Waals surface area contributed by atoms with E-state index in [2.05, 4.69) is 20.0 Å². The fourth-order valence-electron chi connectivity index (χ4n) is 3.02. The summed E-state index contributed by atoms with van der Waals surface area (Å²) in [6.07, 6.45) is 2.53. The van der Waals surface area contributed by atoms with Gasteiger partial charge in [-0.1, -0.05) is 13.0 Å². The number of sulfonamides is 1. The number of carboxylic acid groups (broad SMARTS) is 1. The van der Waals surface area contributed by atoms with Crippen molar-refractivity contribution >= 4 is 56.1 Å². The topological polar surface area (TPSA) is 176 Å². The van der Waals surface area contributed by atoms with Gasteiger partial charge < -0.3 is 16.2 Å². The Hall–Kier alpha value is -3.49. The highest BCUT2D eigenvalue weighted by Gasteiger charge is 2.23. The van der Waals surface area contributed by atoms with Crippen LogP contribution in [0.15, 0.2) is 45.2 Å². The summed E-state index contributed by atoms with van der Waals surface area (Å²) < 4.78 is 27.8. The maximum atomic E-state index is 13.1. The van der Waals surface area contributed by atoms with E-state index in [-0.39, 0.29) is 42.0 Å². The predicted octanol–water partition coefficient (Wildman–Crippen LogP) is 2.16. The van der Waals surface area contributed by atoms with Gasteiger partial charge in [-0.15, -0.1) is 11.3 Å². The van der Waals surface area contributed by atoms with Crippen molar-refractivity contribution in [3.63, 3.8) is 0 Å². The van der Waals surface area contributed by atoms with Gasteiger partial charge in [0.1, 0.15) is 5.84 Å². The summed E-state index contributed by atoms with van der Waals surface area (Å²) >= 11 is 1.15. The summed E-state index contributed by atoms with van der Waals surface area (Å²) in [5.74, 6) is -0.310. The van der Waals surface area contributed by atoms with Crippen LogP contribution < -0.4 is 15.8 Å². The number of carbonyl (C=O) groups is 2. The number of nitrogens with two attached hydrogens (primary N) is 1. The Kier molecular flexibility index (Phi) is 8.20. The fraction of sp³-hybridized carbons (Fsp3) is 0.300. The van der Waals surface area contributed by atoms with Gasteiger partial charge in [-0.3, -0.25) is 14.4 Å². The summed E-state index contributed by atoms with van der Waals surface area (Å²) in [5, 5.41) is 13.9. The molecule has 0 saturated heterocycles. The molecule has 3 rings (SSSR count). The number of anilines is 1. The molecule has 0 unspecified atom stereocenters. The van der Waals surface area contributed by atoms with Gasteiger partial charge in [0.05, 0.1) is 17.2 Å². The summed E-state index contributed by atoms with van der Waals surface area (Å²) in [6.45, 7) is 2.14. The number of carbonyl (C=O) groups excluding carboxylic acids is 1. The molecule has 2 aromatic rings. The summed E-state index contributed by atoms with van der Waals surface area (Å²) in [7, 11) is -3.89. The second-order valence-corrected chi connectivity index (χ2v) is 9.66. The first kappa shape index (κ1) is 25.1. The van der Waals surface area contributed by atoms with Gasteiger partial charge in [-0.05, 0) is 24.6 Å². The Morgan fingerprint density at radius 2 is 2.15 bits per heavy atom. The molecule has 0 atom stereocenters. The number of hydroxylamine groups is 2. The van der Waals surface area contributed by atoms with Crippen LogP contribution in [0.1, 0.15) is 25.3 Å². The number of thiazole rings is 1. The number of hydrogen-bond donors (Lipinski definition) is 4. The van der Waals surface area contributed by atoms with Crippen molar-refractivity contribution in [2.75, 3.05) is 24.4 Å². The second-order valence-electron chi connectivity index (χ2n) is 7.09. The molecule has 1 aliphatic rings. The smallest absolute Gasteiger partial charge is 0.404 e. The number of amides is 2. The second kappa shape index (κ2) is 11.1. The van der Waals surface area contributed by atoms with Crippen molar-refractivity contribution in [2.45, 2.75) is 24.7 Å². The van der Waals surface area contributed by atoms with Crippen LogP contribution in [-0.2, 0) is 19.7 Å². The lowest BCUT2D eigenvalue weighted by atomic mass is 10.1. The van der Waals surface area contributed by atoms with E-state index in [1.54, 1.807) is 17.5 Å². The number of aromatic nitrogens is 1. The van der Waals surface area contributed by atoms with Crippen LogP contribution in [0.4, 0.5) is 15.6 Å². The molecule has 1 aromatic carbocycles. The third-order valence-electron chi connectivity index (χ3n) is 4.48. The molecule has 2 heterocycles. The first-order valence-corrected chi connectivity index (χ1v) is 12.6. The number of amidine groups is 1. The molecule has 2 amide bonds. The molecule has 182 valence electrons. The van der Waals surface area contributed by atoms with Crippen molar-refractivity contribution < 1.29 is 28.0 Å². The molecule has 34 heavy (non-hydrogen) atoms. The normalized spacial score (nSPS) is 13.2. The van der Waals surface area contributed by atoms with E-state index in [0.717, 1.165) is 16.4 Å². The monoisotopic (exact) mass is 508 g/mol. The molecule has 0 radical (unpaired) electrons. The zero-order valence-electron chi connectivity index (χ0n) is 18.2. The minimum atomic E-state index is -3.89. The Morgan fingerprint density at radius 1 is 1.35 bits per heavy atom. The highest BCUT2D eigenvalue weighted by molar-refractivity contribution is 7.93. The highest BCUT2D eigenvalue weighted by Crippen LogP contribution is 2.30. The Balaban J connectivity index is 1.83. The van der Waals surface area contributed by atoms with Crippen LogP contribution in [0.2, 0.25) is 0 Å². The van der Waals surface area contributed by atoms with Gasteiger partial charge in [-0.25, -0.2) is 28.3 Å². The van der Waals surface area contributed by atoms with Crippen LogP contribution in [-0.4, -0.2) is 61.1 Å². The Bertz CT molecular complexity index is 1210. The van der Waals surface area contributed by atoms with E-state index >= 15 is 0 Å². The number of aliphatic imine (C=N–C) groups is 1. The summed E-state index contributed by atoms with van der Waals surface area (Å²) in [6, 6.07) is 4.32. The zero-order valence-corrected chi connectivity index (χ0v) is 19.9. The Labute approximate surface area is 200 Å².